The van der Waals surface area contributed by atoms with Crippen LogP contribution < -0.4 is 5.32 Å². The van der Waals surface area contributed by atoms with E-state index in [0.29, 0.717) is 12.6 Å². The van der Waals surface area contributed by atoms with Gasteiger partial charge in [0.15, 0.2) is 0 Å². The second-order valence-corrected chi connectivity index (χ2v) is 6.89. The van der Waals surface area contributed by atoms with Crippen molar-refractivity contribution in [3.8, 4) is 0 Å². The summed E-state index contributed by atoms with van der Waals surface area (Å²) >= 11 is 1.76. The van der Waals surface area contributed by atoms with Gasteiger partial charge in [-0.05, 0) is 38.6 Å². The number of carbonyl (C=O) groups excluding carboxylic acids is 1. The van der Waals surface area contributed by atoms with Crippen molar-refractivity contribution >= 4 is 17.4 Å². The van der Waals surface area contributed by atoms with Gasteiger partial charge in [0.1, 0.15) is 5.60 Å². The number of ether oxygens (including phenoxy) is 1. The number of rotatable bonds is 2. The van der Waals surface area contributed by atoms with E-state index in [0.717, 1.165) is 19.5 Å². The Hall–Kier alpha value is -1.07. The lowest BCUT2D eigenvalue weighted by atomic mass is 10.1. The topological polar surface area (TPSA) is 41.6 Å². The maximum absolute atomic E-state index is 12.0. The van der Waals surface area contributed by atoms with E-state index in [2.05, 4.69) is 22.8 Å². The molecule has 2 heterocycles. The minimum atomic E-state index is -0.425. The van der Waals surface area contributed by atoms with Crippen LogP contribution in [0.25, 0.3) is 0 Å². The van der Waals surface area contributed by atoms with Gasteiger partial charge in [-0.15, -0.1) is 11.3 Å². The summed E-state index contributed by atoms with van der Waals surface area (Å²) < 4.78 is 5.42. The highest BCUT2D eigenvalue weighted by Gasteiger charge is 2.27. The Labute approximate surface area is 118 Å². The van der Waals surface area contributed by atoms with Gasteiger partial charge in [0.2, 0.25) is 0 Å². The molecule has 0 saturated carbocycles. The van der Waals surface area contributed by atoms with Crippen molar-refractivity contribution in [2.45, 2.75) is 38.8 Å². The first-order valence-electron chi connectivity index (χ1n) is 6.68. The van der Waals surface area contributed by atoms with E-state index in [4.69, 9.17) is 4.74 Å². The van der Waals surface area contributed by atoms with E-state index in [1.807, 2.05) is 20.8 Å². The van der Waals surface area contributed by atoms with Crippen LogP contribution in [0.2, 0.25) is 0 Å². The molecule has 0 spiro atoms. The molecule has 5 heteroatoms. The Morgan fingerprint density at radius 2 is 2.37 bits per heavy atom. The Morgan fingerprint density at radius 3 is 3.00 bits per heavy atom. The van der Waals surface area contributed by atoms with Crippen LogP contribution in [0.15, 0.2) is 17.5 Å². The SMILES string of the molecule is CC(C)(C)OC(=O)N1CCN[C@H](Cc2cccs2)C1. The van der Waals surface area contributed by atoms with E-state index in [9.17, 15) is 4.79 Å². The monoisotopic (exact) mass is 282 g/mol. The molecule has 1 aromatic rings. The zero-order valence-corrected chi connectivity index (χ0v) is 12.6. The standard InChI is InChI=1S/C14H22N2O2S/c1-14(2,3)18-13(17)16-7-6-15-11(10-16)9-12-5-4-8-19-12/h4-5,8,11,15H,6-7,9-10H2,1-3H3/t11-/m1/s1. The molecule has 1 N–H and O–H groups in total. The van der Waals surface area contributed by atoms with Gasteiger partial charge in [0.05, 0.1) is 0 Å². The van der Waals surface area contributed by atoms with Gasteiger partial charge >= 0.3 is 6.09 Å². The van der Waals surface area contributed by atoms with E-state index in [-0.39, 0.29) is 6.09 Å². The van der Waals surface area contributed by atoms with Crippen molar-refractivity contribution in [2.75, 3.05) is 19.6 Å². The molecule has 1 fully saturated rings. The summed E-state index contributed by atoms with van der Waals surface area (Å²) in [4.78, 5) is 15.2. The number of carbonyl (C=O) groups is 1. The molecule has 1 saturated heterocycles. The number of nitrogens with one attached hydrogen (secondary N) is 1. The smallest absolute Gasteiger partial charge is 0.410 e. The third kappa shape index (κ3) is 4.51. The first kappa shape index (κ1) is 14.3. The van der Waals surface area contributed by atoms with Crippen LogP contribution in [0, 0.1) is 0 Å². The van der Waals surface area contributed by atoms with Crippen LogP contribution >= 0.6 is 11.3 Å². The van der Waals surface area contributed by atoms with Crippen molar-refractivity contribution in [2.24, 2.45) is 0 Å². The van der Waals surface area contributed by atoms with Crippen LogP contribution in [0.4, 0.5) is 4.79 Å². The normalized spacial score (nSPS) is 20.4. The summed E-state index contributed by atoms with van der Waals surface area (Å²) in [6.07, 6.45) is 0.766. The first-order valence-corrected chi connectivity index (χ1v) is 7.56. The zero-order chi connectivity index (χ0) is 13.9. The number of nitrogens with zero attached hydrogens (tertiary/aromatic N) is 1. The summed E-state index contributed by atoms with van der Waals surface area (Å²) in [6, 6.07) is 4.52. The fraction of sp³-hybridized carbons (Fsp3) is 0.643. The third-order valence-electron chi connectivity index (χ3n) is 2.93. The molecule has 0 bridgehead atoms. The highest BCUT2D eigenvalue weighted by molar-refractivity contribution is 7.09. The molecule has 2 rings (SSSR count). The highest BCUT2D eigenvalue weighted by Crippen LogP contribution is 2.15. The fourth-order valence-corrected chi connectivity index (χ4v) is 2.91. The molecular formula is C14H22N2O2S. The van der Waals surface area contributed by atoms with E-state index in [1.165, 1.54) is 4.88 Å². The lowest BCUT2D eigenvalue weighted by molar-refractivity contribution is 0.0196. The lowest BCUT2D eigenvalue weighted by Crippen LogP contribution is -2.54. The molecule has 0 unspecified atom stereocenters. The van der Waals surface area contributed by atoms with Crippen LogP contribution in [-0.2, 0) is 11.2 Å². The Morgan fingerprint density at radius 1 is 1.58 bits per heavy atom. The minimum Gasteiger partial charge on any atom is -0.444 e. The predicted molar refractivity (Wildman–Crippen MR) is 77.6 cm³/mol. The lowest BCUT2D eigenvalue weighted by Gasteiger charge is -2.34. The molecular weight excluding hydrogens is 260 g/mol. The van der Waals surface area contributed by atoms with Crippen molar-refractivity contribution < 1.29 is 9.53 Å². The van der Waals surface area contributed by atoms with Gasteiger partial charge in [-0.2, -0.15) is 0 Å². The largest absolute Gasteiger partial charge is 0.444 e. The Bertz CT molecular complexity index is 412. The summed E-state index contributed by atoms with van der Waals surface area (Å²) in [5.41, 5.74) is -0.425. The average Bonchev–Trinajstić information content (AvgIpc) is 2.80. The molecule has 1 aromatic heterocycles. The van der Waals surface area contributed by atoms with E-state index < -0.39 is 5.60 Å². The zero-order valence-electron chi connectivity index (χ0n) is 11.8. The molecule has 0 radical (unpaired) electrons. The molecule has 1 aliphatic rings. The van der Waals surface area contributed by atoms with Crippen LogP contribution in [0.1, 0.15) is 25.6 Å². The Kier molecular flexibility index (Phi) is 4.47. The van der Waals surface area contributed by atoms with Gasteiger partial charge in [0.25, 0.3) is 0 Å². The van der Waals surface area contributed by atoms with Gasteiger partial charge < -0.3 is 15.0 Å². The van der Waals surface area contributed by atoms with E-state index >= 15 is 0 Å². The fourth-order valence-electron chi connectivity index (χ4n) is 2.13. The van der Waals surface area contributed by atoms with Gasteiger partial charge in [-0.25, -0.2) is 4.79 Å². The summed E-state index contributed by atoms with van der Waals surface area (Å²) in [6.45, 7) is 7.96. The summed E-state index contributed by atoms with van der Waals surface area (Å²) in [5.74, 6) is 0. The number of thiophene rings is 1. The first-order chi connectivity index (χ1) is 8.94. The molecule has 106 valence electrons. The van der Waals surface area contributed by atoms with Crippen LogP contribution in [0.5, 0.6) is 0 Å². The van der Waals surface area contributed by atoms with Gasteiger partial charge in [0, 0.05) is 30.6 Å². The summed E-state index contributed by atoms with van der Waals surface area (Å²) in [7, 11) is 0. The Balaban J connectivity index is 1.88. The van der Waals surface area contributed by atoms with Crippen molar-refractivity contribution in [1.82, 2.24) is 10.2 Å². The molecule has 1 atom stereocenters. The predicted octanol–water partition coefficient (Wildman–Crippen LogP) is 2.50. The van der Waals surface area contributed by atoms with Gasteiger partial charge in [-0.3, -0.25) is 0 Å². The average molecular weight is 282 g/mol. The maximum Gasteiger partial charge on any atom is 0.410 e. The molecule has 0 aromatic carbocycles. The van der Waals surface area contributed by atoms with Crippen molar-refractivity contribution in [3.63, 3.8) is 0 Å². The van der Waals surface area contributed by atoms with Crippen LogP contribution in [0.3, 0.4) is 0 Å². The number of hydrogen-bond donors (Lipinski definition) is 1. The summed E-state index contributed by atoms with van der Waals surface area (Å²) in [5, 5.41) is 5.55. The number of piperazine rings is 1. The highest BCUT2D eigenvalue weighted by atomic mass is 32.1. The van der Waals surface area contributed by atoms with E-state index in [1.54, 1.807) is 16.2 Å². The third-order valence-corrected chi connectivity index (χ3v) is 3.83. The minimum absolute atomic E-state index is 0.204. The quantitative estimate of drug-likeness (QED) is 0.906. The molecule has 19 heavy (non-hydrogen) atoms. The second-order valence-electron chi connectivity index (χ2n) is 5.86. The van der Waals surface area contributed by atoms with Gasteiger partial charge in [-0.1, -0.05) is 6.07 Å². The molecule has 4 nitrogen and oxygen atoms in total. The molecule has 1 aliphatic heterocycles. The van der Waals surface area contributed by atoms with Crippen molar-refractivity contribution in [1.29, 1.82) is 0 Å². The van der Waals surface area contributed by atoms with Crippen molar-refractivity contribution in [3.05, 3.63) is 22.4 Å². The molecule has 0 aliphatic carbocycles. The molecule has 1 amide bonds. The maximum atomic E-state index is 12.0. The van der Waals surface area contributed by atoms with Crippen LogP contribution in [-0.4, -0.2) is 42.3 Å². The number of hydrogen-bond acceptors (Lipinski definition) is 4. The number of amides is 1. The second kappa shape index (κ2) is 5.92.